The highest BCUT2D eigenvalue weighted by atomic mass is 16.7. The summed E-state index contributed by atoms with van der Waals surface area (Å²) < 4.78 is 16.0. The molecule has 2 heterocycles. The van der Waals surface area contributed by atoms with Crippen LogP contribution in [0.5, 0.6) is 0 Å². The van der Waals surface area contributed by atoms with E-state index in [0.29, 0.717) is 12.0 Å². The summed E-state index contributed by atoms with van der Waals surface area (Å²) in [5, 5.41) is 0. The zero-order chi connectivity index (χ0) is 13.7. The molecule has 0 aromatic carbocycles. The number of ether oxygens (including phenoxy) is 3. The molecule has 1 aromatic rings. The van der Waals surface area contributed by atoms with Crippen molar-refractivity contribution in [3.63, 3.8) is 0 Å². The first-order chi connectivity index (χ1) is 9.22. The molecule has 0 N–H and O–H groups in total. The van der Waals surface area contributed by atoms with E-state index < -0.39 is 6.29 Å². The zero-order valence-corrected chi connectivity index (χ0v) is 11.8. The predicted octanol–water partition coefficient (Wildman–Crippen LogP) is 2.13. The molecule has 0 bridgehead atoms. The van der Waals surface area contributed by atoms with Gasteiger partial charge >= 0.3 is 0 Å². The van der Waals surface area contributed by atoms with E-state index in [0.717, 1.165) is 37.4 Å². The van der Waals surface area contributed by atoms with Gasteiger partial charge in [0.25, 0.3) is 0 Å². The smallest absolute Gasteiger partial charge is 0.200 e. The SMILES string of the molecule is COC(OC)c1ccnc(CC2CCOC(C)C2)n1. The third-order valence-corrected chi connectivity index (χ3v) is 3.46. The fourth-order valence-electron chi connectivity index (χ4n) is 2.52. The average molecular weight is 266 g/mol. The van der Waals surface area contributed by atoms with Crippen molar-refractivity contribution in [2.45, 2.75) is 38.6 Å². The van der Waals surface area contributed by atoms with Gasteiger partial charge in [0, 0.05) is 33.4 Å². The van der Waals surface area contributed by atoms with E-state index in [1.807, 2.05) is 6.07 Å². The first-order valence-electron chi connectivity index (χ1n) is 6.72. The number of hydrogen-bond donors (Lipinski definition) is 0. The van der Waals surface area contributed by atoms with Crippen molar-refractivity contribution in [2.75, 3.05) is 20.8 Å². The minimum atomic E-state index is -0.421. The molecule has 0 amide bonds. The molecule has 2 atom stereocenters. The van der Waals surface area contributed by atoms with E-state index in [1.54, 1.807) is 20.4 Å². The minimum Gasteiger partial charge on any atom is -0.378 e. The van der Waals surface area contributed by atoms with Crippen LogP contribution in [0.15, 0.2) is 12.3 Å². The van der Waals surface area contributed by atoms with Gasteiger partial charge in [-0.05, 0) is 31.7 Å². The van der Waals surface area contributed by atoms with Crippen molar-refractivity contribution in [3.05, 3.63) is 23.8 Å². The van der Waals surface area contributed by atoms with Crippen molar-refractivity contribution in [1.82, 2.24) is 9.97 Å². The normalized spacial score (nSPS) is 23.8. The molecule has 2 unspecified atom stereocenters. The third-order valence-electron chi connectivity index (χ3n) is 3.46. The van der Waals surface area contributed by atoms with Gasteiger partial charge in [-0.1, -0.05) is 0 Å². The van der Waals surface area contributed by atoms with E-state index in [9.17, 15) is 0 Å². The molecule has 1 saturated heterocycles. The molecule has 0 aliphatic carbocycles. The topological polar surface area (TPSA) is 53.5 Å². The highest BCUT2D eigenvalue weighted by Gasteiger charge is 2.21. The lowest BCUT2D eigenvalue weighted by atomic mass is 9.93. The molecule has 0 spiro atoms. The third kappa shape index (κ3) is 3.96. The Labute approximate surface area is 114 Å². The molecule has 0 saturated carbocycles. The monoisotopic (exact) mass is 266 g/mol. The average Bonchev–Trinajstić information content (AvgIpc) is 2.41. The summed E-state index contributed by atoms with van der Waals surface area (Å²) in [6.07, 6.45) is 4.73. The maximum atomic E-state index is 5.56. The van der Waals surface area contributed by atoms with Crippen LogP contribution in [0.1, 0.15) is 37.6 Å². The van der Waals surface area contributed by atoms with Gasteiger partial charge in [-0.3, -0.25) is 0 Å². The van der Waals surface area contributed by atoms with Gasteiger partial charge in [0.2, 0.25) is 6.29 Å². The van der Waals surface area contributed by atoms with Crippen molar-refractivity contribution < 1.29 is 14.2 Å². The summed E-state index contributed by atoms with van der Waals surface area (Å²) in [6, 6.07) is 1.83. The molecular weight excluding hydrogens is 244 g/mol. The van der Waals surface area contributed by atoms with Crippen LogP contribution in [0.3, 0.4) is 0 Å². The lowest BCUT2D eigenvalue weighted by Crippen LogP contribution is -2.25. The van der Waals surface area contributed by atoms with Gasteiger partial charge < -0.3 is 14.2 Å². The van der Waals surface area contributed by atoms with Crippen molar-refractivity contribution in [2.24, 2.45) is 5.92 Å². The van der Waals surface area contributed by atoms with Crippen LogP contribution in [-0.4, -0.2) is 36.9 Å². The van der Waals surface area contributed by atoms with E-state index in [2.05, 4.69) is 16.9 Å². The summed E-state index contributed by atoms with van der Waals surface area (Å²) in [4.78, 5) is 8.88. The highest BCUT2D eigenvalue weighted by Crippen LogP contribution is 2.23. The maximum absolute atomic E-state index is 5.56. The fourth-order valence-corrected chi connectivity index (χ4v) is 2.52. The number of nitrogens with zero attached hydrogens (tertiary/aromatic N) is 2. The minimum absolute atomic E-state index is 0.340. The van der Waals surface area contributed by atoms with Gasteiger partial charge in [-0.15, -0.1) is 0 Å². The first-order valence-corrected chi connectivity index (χ1v) is 6.72. The maximum Gasteiger partial charge on any atom is 0.200 e. The van der Waals surface area contributed by atoms with Crippen LogP contribution in [0, 0.1) is 5.92 Å². The summed E-state index contributed by atoms with van der Waals surface area (Å²) in [5.41, 5.74) is 0.773. The molecular formula is C14H22N2O3. The Hall–Kier alpha value is -1.04. The van der Waals surface area contributed by atoms with Crippen molar-refractivity contribution >= 4 is 0 Å². The van der Waals surface area contributed by atoms with Crippen LogP contribution in [0.2, 0.25) is 0 Å². The van der Waals surface area contributed by atoms with E-state index >= 15 is 0 Å². The van der Waals surface area contributed by atoms with Crippen LogP contribution in [0.25, 0.3) is 0 Å². The van der Waals surface area contributed by atoms with Crippen LogP contribution in [-0.2, 0) is 20.6 Å². The Balaban J connectivity index is 2.02. The Kier molecular flexibility index (Phi) is 5.24. The Morgan fingerprint density at radius 2 is 2.21 bits per heavy atom. The highest BCUT2D eigenvalue weighted by molar-refractivity contribution is 5.04. The molecule has 5 nitrogen and oxygen atoms in total. The summed E-state index contributed by atoms with van der Waals surface area (Å²) in [6.45, 7) is 2.96. The van der Waals surface area contributed by atoms with Crippen molar-refractivity contribution in [1.29, 1.82) is 0 Å². The quantitative estimate of drug-likeness (QED) is 0.764. The second kappa shape index (κ2) is 6.93. The second-order valence-corrected chi connectivity index (χ2v) is 4.98. The molecule has 5 heteroatoms. The summed E-state index contributed by atoms with van der Waals surface area (Å²) in [7, 11) is 3.21. The largest absolute Gasteiger partial charge is 0.378 e. The molecule has 19 heavy (non-hydrogen) atoms. The molecule has 1 aliphatic heterocycles. The predicted molar refractivity (Wildman–Crippen MR) is 70.6 cm³/mol. The van der Waals surface area contributed by atoms with Crippen LogP contribution in [0.4, 0.5) is 0 Å². The number of aromatic nitrogens is 2. The van der Waals surface area contributed by atoms with Crippen LogP contribution < -0.4 is 0 Å². The van der Waals surface area contributed by atoms with Gasteiger partial charge in [-0.25, -0.2) is 9.97 Å². The molecule has 1 aliphatic rings. The molecule has 1 fully saturated rings. The molecule has 106 valence electrons. The number of methoxy groups -OCH3 is 2. The summed E-state index contributed by atoms with van der Waals surface area (Å²) >= 11 is 0. The van der Waals surface area contributed by atoms with Crippen molar-refractivity contribution in [3.8, 4) is 0 Å². The Morgan fingerprint density at radius 3 is 2.89 bits per heavy atom. The van der Waals surface area contributed by atoms with E-state index in [1.165, 1.54) is 0 Å². The Bertz CT molecular complexity index is 396. The van der Waals surface area contributed by atoms with E-state index in [-0.39, 0.29) is 0 Å². The second-order valence-electron chi connectivity index (χ2n) is 4.98. The van der Waals surface area contributed by atoms with Gasteiger partial charge in [0.15, 0.2) is 0 Å². The standard InChI is InChI=1S/C14H22N2O3/c1-10-8-11(5-7-19-10)9-13-15-6-4-12(16-13)14(17-2)18-3/h4,6,10-11,14H,5,7-9H2,1-3H3. The fraction of sp³-hybridized carbons (Fsp3) is 0.714. The molecule has 2 rings (SSSR count). The van der Waals surface area contributed by atoms with E-state index in [4.69, 9.17) is 14.2 Å². The molecule has 1 aromatic heterocycles. The summed E-state index contributed by atoms with van der Waals surface area (Å²) in [5.74, 6) is 1.46. The number of hydrogen-bond acceptors (Lipinski definition) is 5. The lowest BCUT2D eigenvalue weighted by molar-refractivity contribution is -0.108. The zero-order valence-electron chi connectivity index (χ0n) is 11.8. The van der Waals surface area contributed by atoms with Gasteiger partial charge in [0.1, 0.15) is 5.82 Å². The first kappa shape index (κ1) is 14.4. The molecule has 0 radical (unpaired) electrons. The van der Waals surface area contributed by atoms with Gasteiger partial charge in [-0.2, -0.15) is 0 Å². The Morgan fingerprint density at radius 1 is 1.42 bits per heavy atom. The van der Waals surface area contributed by atoms with Crippen LogP contribution >= 0.6 is 0 Å². The lowest BCUT2D eigenvalue weighted by Gasteiger charge is -2.26. The van der Waals surface area contributed by atoms with Gasteiger partial charge in [0.05, 0.1) is 11.8 Å². The number of rotatable bonds is 5.